The van der Waals surface area contributed by atoms with E-state index in [0.29, 0.717) is 0 Å². The Hall–Kier alpha value is -4.96. The lowest BCUT2D eigenvalue weighted by molar-refractivity contribution is 1.30. The number of fused-ring (bicyclic) bond motifs is 7. The van der Waals surface area contributed by atoms with Crippen LogP contribution in [0.25, 0.3) is 62.2 Å². The molecular formula is C40H25NS2. The Morgan fingerprint density at radius 2 is 0.837 bits per heavy atom. The van der Waals surface area contributed by atoms with Crippen molar-refractivity contribution in [3.05, 3.63) is 152 Å². The molecule has 2 aromatic heterocycles. The van der Waals surface area contributed by atoms with Gasteiger partial charge in [0.15, 0.2) is 0 Å². The van der Waals surface area contributed by atoms with Crippen LogP contribution in [0.3, 0.4) is 0 Å². The van der Waals surface area contributed by atoms with Crippen molar-refractivity contribution < 1.29 is 0 Å². The van der Waals surface area contributed by atoms with E-state index < -0.39 is 0 Å². The summed E-state index contributed by atoms with van der Waals surface area (Å²) in [6, 6.07) is 55.5. The zero-order valence-corrected chi connectivity index (χ0v) is 24.8. The number of hydrogen-bond acceptors (Lipinski definition) is 3. The van der Waals surface area contributed by atoms with Crippen LogP contribution in [0.5, 0.6) is 0 Å². The van der Waals surface area contributed by atoms with Crippen LogP contribution >= 0.6 is 22.7 Å². The first-order valence-electron chi connectivity index (χ1n) is 14.5. The average Bonchev–Trinajstić information content (AvgIpc) is 3.61. The van der Waals surface area contributed by atoms with Crippen molar-refractivity contribution in [3.8, 4) is 11.1 Å². The van der Waals surface area contributed by atoms with Crippen molar-refractivity contribution >= 4 is 90.9 Å². The molecule has 0 unspecified atom stereocenters. The van der Waals surface area contributed by atoms with Crippen LogP contribution in [0.15, 0.2) is 152 Å². The molecule has 0 N–H and O–H groups in total. The highest BCUT2D eigenvalue weighted by atomic mass is 32.1. The Labute approximate surface area is 257 Å². The Morgan fingerprint density at radius 1 is 0.326 bits per heavy atom. The van der Waals surface area contributed by atoms with Gasteiger partial charge < -0.3 is 4.90 Å². The molecule has 0 saturated carbocycles. The molecule has 9 rings (SSSR count). The molecule has 43 heavy (non-hydrogen) atoms. The highest BCUT2D eigenvalue weighted by molar-refractivity contribution is 7.26. The smallest absolute Gasteiger partial charge is 0.0476 e. The lowest BCUT2D eigenvalue weighted by Crippen LogP contribution is -2.09. The van der Waals surface area contributed by atoms with Crippen LogP contribution in [-0.2, 0) is 0 Å². The number of rotatable bonds is 4. The molecule has 0 atom stereocenters. The summed E-state index contributed by atoms with van der Waals surface area (Å²) in [4.78, 5) is 2.40. The molecule has 0 radical (unpaired) electrons. The number of anilines is 3. The summed E-state index contributed by atoms with van der Waals surface area (Å²) in [6.07, 6.45) is 0. The minimum absolute atomic E-state index is 1.14. The molecule has 0 aliphatic rings. The predicted molar refractivity (Wildman–Crippen MR) is 190 cm³/mol. The van der Waals surface area contributed by atoms with Crippen molar-refractivity contribution in [2.24, 2.45) is 0 Å². The number of benzene rings is 7. The maximum absolute atomic E-state index is 2.40. The van der Waals surface area contributed by atoms with Crippen LogP contribution in [0.2, 0.25) is 0 Å². The first kappa shape index (κ1) is 24.6. The quantitative estimate of drug-likeness (QED) is 0.199. The van der Waals surface area contributed by atoms with Crippen LogP contribution in [-0.4, -0.2) is 0 Å². The van der Waals surface area contributed by atoms with Gasteiger partial charge in [0.05, 0.1) is 0 Å². The first-order chi connectivity index (χ1) is 21.3. The molecule has 202 valence electrons. The molecule has 3 heteroatoms. The normalized spacial score (nSPS) is 11.7. The van der Waals surface area contributed by atoms with Crippen molar-refractivity contribution in [2.45, 2.75) is 0 Å². The van der Waals surface area contributed by atoms with Crippen LogP contribution < -0.4 is 4.90 Å². The van der Waals surface area contributed by atoms with Gasteiger partial charge in [-0.25, -0.2) is 0 Å². The van der Waals surface area contributed by atoms with Gasteiger partial charge >= 0.3 is 0 Å². The Balaban J connectivity index is 1.22. The summed E-state index contributed by atoms with van der Waals surface area (Å²) in [5, 5.41) is 7.86. The predicted octanol–water partition coefficient (Wildman–Crippen LogP) is 12.7. The molecule has 0 spiro atoms. The maximum Gasteiger partial charge on any atom is 0.0476 e. The van der Waals surface area contributed by atoms with Crippen molar-refractivity contribution in [1.29, 1.82) is 0 Å². The summed E-state index contributed by atoms with van der Waals surface area (Å²) < 4.78 is 5.26. The van der Waals surface area contributed by atoms with E-state index in [2.05, 4.69) is 157 Å². The maximum atomic E-state index is 2.40. The van der Waals surface area contributed by atoms with Gasteiger partial charge in [-0.15, -0.1) is 22.7 Å². The molecule has 0 aliphatic heterocycles. The van der Waals surface area contributed by atoms with Gasteiger partial charge in [0.2, 0.25) is 0 Å². The van der Waals surface area contributed by atoms with E-state index >= 15 is 0 Å². The van der Waals surface area contributed by atoms with E-state index in [1.165, 1.54) is 62.2 Å². The summed E-state index contributed by atoms with van der Waals surface area (Å²) in [5.74, 6) is 0. The van der Waals surface area contributed by atoms with Gasteiger partial charge in [0, 0.05) is 57.4 Å². The van der Waals surface area contributed by atoms with Gasteiger partial charge in [-0.2, -0.15) is 0 Å². The Kier molecular flexibility index (Phi) is 5.62. The van der Waals surface area contributed by atoms with Gasteiger partial charge in [-0.05, 0) is 76.5 Å². The van der Waals surface area contributed by atoms with E-state index in [1.54, 1.807) is 0 Å². The molecule has 2 heterocycles. The second-order valence-corrected chi connectivity index (χ2v) is 13.2. The lowest BCUT2D eigenvalue weighted by Gasteiger charge is -2.26. The molecule has 0 bridgehead atoms. The Bertz CT molecular complexity index is 2450. The lowest BCUT2D eigenvalue weighted by atomic mass is 10.0. The third-order valence-corrected chi connectivity index (χ3v) is 10.7. The molecule has 0 fully saturated rings. The fourth-order valence-electron chi connectivity index (χ4n) is 6.32. The molecule has 1 nitrogen and oxygen atoms in total. The monoisotopic (exact) mass is 583 g/mol. The van der Waals surface area contributed by atoms with Crippen molar-refractivity contribution in [3.63, 3.8) is 0 Å². The number of thiophene rings is 2. The number of hydrogen-bond donors (Lipinski definition) is 0. The van der Waals surface area contributed by atoms with Gasteiger partial charge in [-0.3, -0.25) is 0 Å². The number of nitrogens with zero attached hydrogens (tertiary/aromatic N) is 1. The second kappa shape index (κ2) is 9.81. The fourth-order valence-corrected chi connectivity index (χ4v) is 8.63. The van der Waals surface area contributed by atoms with E-state index in [0.717, 1.165) is 17.1 Å². The van der Waals surface area contributed by atoms with Gasteiger partial charge in [-0.1, -0.05) is 97.1 Å². The standard InChI is InChI=1S/C40H25NS2/c1-2-8-26(9-3-1)27-14-16-30(17-15-27)41(31-18-20-34-33-12-6-7-13-37(33)42-39(34)24-31)32-19-21-35-36-22-28-10-4-5-11-29(28)23-38(36)43-40(35)25-32/h1-25H. The van der Waals surface area contributed by atoms with Crippen LogP contribution in [0.1, 0.15) is 0 Å². The first-order valence-corrected chi connectivity index (χ1v) is 16.1. The van der Waals surface area contributed by atoms with Crippen LogP contribution in [0, 0.1) is 0 Å². The molecule has 0 saturated heterocycles. The highest BCUT2D eigenvalue weighted by Crippen LogP contribution is 2.44. The van der Waals surface area contributed by atoms with Gasteiger partial charge in [0.1, 0.15) is 0 Å². The Morgan fingerprint density at radius 3 is 1.58 bits per heavy atom. The topological polar surface area (TPSA) is 3.24 Å². The molecular weight excluding hydrogens is 559 g/mol. The van der Waals surface area contributed by atoms with E-state index in [9.17, 15) is 0 Å². The van der Waals surface area contributed by atoms with E-state index in [-0.39, 0.29) is 0 Å². The van der Waals surface area contributed by atoms with Crippen LogP contribution in [0.4, 0.5) is 17.1 Å². The molecule has 0 aliphatic carbocycles. The zero-order chi connectivity index (χ0) is 28.3. The minimum Gasteiger partial charge on any atom is -0.310 e. The zero-order valence-electron chi connectivity index (χ0n) is 23.2. The third-order valence-electron chi connectivity index (χ3n) is 8.43. The van der Waals surface area contributed by atoms with Crippen molar-refractivity contribution in [2.75, 3.05) is 4.90 Å². The minimum atomic E-state index is 1.14. The summed E-state index contributed by atoms with van der Waals surface area (Å²) in [5.41, 5.74) is 5.92. The highest BCUT2D eigenvalue weighted by Gasteiger charge is 2.17. The summed E-state index contributed by atoms with van der Waals surface area (Å²) in [6.45, 7) is 0. The average molecular weight is 584 g/mol. The second-order valence-electron chi connectivity index (χ2n) is 11.0. The SMILES string of the molecule is c1ccc(-c2ccc(N(c3ccc4c(c3)sc3ccccc34)c3ccc4c(c3)sc3cc5ccccc5cc34)cc2)cc1. The van der Waals surface area contributed by atoms with Crippen molar-refractivity contribution in [1.82, 2.24) is 0 Å². The largest absolute Gasteiger partial charge is 0.310 e. The fraction of sp³-hybridized carbons (Fsp3) is 0. The van der Waals surface area contributed by atoms with E-state index in [1.807, 2.05) is 22.7 Å². The molecule has 0 amide bonds. The molecule has 9 aromatic rings. The molecule has 7 aromatic carbocycles. The summed E-state index contributed by atoms with van der Waals surface area (Å²) in [7, 11) is 0. The van der Waals surface area contributed by atoms with E-state index in [4.69, 9.17) is 0 Å². The summed E-state index contributed by atoms with van der Waals surface area (Å²) >= 11 is 3.74. The van der Waals surface area contributed by atoms with Gasteiger partial charge in [0.25, 0.3) is 0 Å². The third kappa shape index (κ3) is 4.12.